The Morgan fingerprint density at radius 2 is 1.94 bits per heavy atom. The molecule has 17 heavy (non-hydrogen) atoms. The molecule has 7 heteroatoms. The van der Waals surface area contributed by atoms with Crippen molar-refractivity contribution in [1.82, 2.24) is 0 Å². The maximum atomic E-state index is 11.0. The SMILES string of the molecule is [2H]CN(c1ccc(P(=O)(O)O)cc1)[C@@H](C)C(=O)O. The van der Waals surface area contributed by atoms with Crippen molar-refractivity contribution < 1.29 is 25.6 Å². The number of aliphatic carboxylic acids is 1. The summed E-state index contributed by atoms with van der Waals surface area (Å²) in [5.74, 6) is -1.07. The Hall–Kier alpha value is -1.36. The van der Waals surface area contributed by atoms with Crippen LogP contribution in [0.4, 0.5) is 5.69 Å². The van der Waals surface area contributed by atoms with Crippen LogP contribution in [0.15, 0.2) is 24.3 Å². The van der Waals surface area contributed by atoms with Crippen LogP contribution in [-0.4, -0.2) is 33.9 Å². The average Bonchev–Trinajstić information content (AvgIpc) is 2.29. The third kappa shape index (κ3) is 3.30. The maximum Gasteiger partial charge on any atom is 0.356 e. The summed E-state index contributed by atoms with van der Waals surface area (Å²) >= 11 is 0. The van der Waals surface area contributed by atoms with E-state index in [2.05, 4.69) is 0 Å². The average molecular weight is 260 g/mol. The summed E-state index contributed by atoms with van der Waals surface area (Å²) in [5, 5.41) is 8.74. The molecule has 0 spiro atoms. The summed E-state index contributed by atoms with van der Waals surface area (Å²) in [6.45, 7) is 1.44. The number of benzene rings is 1. The lowest BCUT2D eigenvalue weighted by Crippen LogP contribution is -2.35. The molecule has 1 aromatic rings. The van der Waals surface area contributed by atoms with E-state index in [4.69, 9.17) is 16.3 Å². The van der Waals surface area contributed by atoms with E-state index in [0.717, 1.165) is 0 Å². The van der Waals surface area contributed by atoms with Gasteiger partial charge < -0.3 is 19.8 Å². The highest BCUT2D eigenvalue weighted by atomic mass is 31.2. The molecular formula is C10H14NO5P. The van der Waals surface area contributed by atoms with Gasteiger partial charge in [-0.3, -0.25) is 4.57 Å². The lowest BCUT2D eigenvalue weighted by atomic mass is 10.2. The molecule has 0 saturated heterocycles. The van der Waals surface area contributed by atoms with Gasteiger partial charge in [0.2, 0.25) is 0 Å². The molecule has 1 aromatic carbocycles. The van der Waals surface area contributed by atoms with Crippen molar-refractivity contribution in [3.63, 3.8) is 0 Å². The Bertz CT molecular complexity index is 472. The smallest absolute Gasteiger partial charge is 0.356 e. The van der Waals surface area contributed by atoms with Gasteiger partial charge in [-0.25, -0.2) is 4.79 Å². The van der Waals surface area contributed by atoms with E-state index in [1.807, 2.05) is 0 Å². The maximum absolute atomic E-state index is 11.0. The minimum absolute atomic E-state index is 0.140. The summed E-state index contributed by atoms with van der Waals surface area (Å²) in [7, 11) is -4.56. The molecular weight excluding hydrogens is 245 g/mol. The van der Waals surface area contributed by atoms with Crippen LogP contribution < -0.4 is 10.2 Å². The van der Waals surface area contributed by atoms with Gasteiger partial charge in [0.05, 0.1) is 5.30 Å². The molecule has 0 unspecified atom stereocenters. The van der Waals surface area contributed by atoms with Gasteiger partial charge >= 0.3 is 13.6 Å². The zero-order chi connectivity index (χ0) is 13.9. The zero-order valence-electron chi connectivity index (χ0n) is 10.1. The van der Waals surface area contributed by atoms with E-state index in [9.17, 15) is 9.36 Å². The van der Waals surface area contributed by atoms with Crippen LogP contribution in [0.2, 0.25) is 0 Å². The van der Waals surface area contributed by atoms with Gasteiger partial charge in [0, 0.05) is 14.1 Å². The molecule has 0 aromatic heterocycles. The van der Waals surface area contributed by atoms with E-state index >= 15 is 0 Å². The van der Waals surface area contributed by atoms with Crippen LogP contribution in [0.1, 0.15) is 8.29 Å². The minimum Gasteiger partial charge on any atom is -0.480 e. The number of carbonyl (C=O) groups is 1. The first-order valence-corrected chi connectivity index (χ1v) is 6.33. The van der Waals surface area contributed by atoms with Crippen molar-refractivity contribution in [2.45, 2.75) is 13.0 Å². The second-order valence-electron chi connectivity index (χ2n) is 3.54. The van der Waals surface area contributed by atoms with Crippen LogP contribution in [0.3, 0.4) is 0 Å². The quantitative estimate of drug-likeness (QED) is 0.678. The predicted molar refractivity (Wildman–Crippen MR) is 63.6 cm³/mol. The Labute approximate surface area is 100 Å². The number of carboxylic acids is 1. The molecule has 0 saturated carbocycles. The molecule has 0 bridgehead atoms. The van der Waals surface area contributed by atoms with Gasteiger partial charge in [-0.1, -0.05) is 0 Å². The molecule has 0 aliphatic carbocycles. The van der Waals surface area contributed by atoms with Gasteiger partial charge in [-0.05, 0) is 31.2 Å². The van der Waals surface area contributed by atoms with Gasteiger partial charge in [-0.2, -0.15) is 0 Å². The van der Waals surface area contributed by atoms with Crippen molar-refractivity contribution in [3.8, 4) is 0 Å². The van der Waals surface area contributed by atoms with Crippen LogP contribution >= 0.6 is 7.60 Å². The molecule has 0 radical (unpaired) electrons. The molecule has 1 atom stereocenters. The first-order chi connectivity index (χ1) is 8.27. The molecule has 0 heterocycles. The lowest BCUT2D eigenvalue weighted by Gasteiger charge is -2.23. The van der Waals surface area contributed by atoms with E-state index < -0.39 is 19.6 Å². The predicted octanol–water partition coefficient (Wildman–Crippen LogP) is 0.399. The Balaban J connectivity index is 3.03. The molecule has 0 aliphatic heterocycles. The van der Waals surface area contributed by atoms with Crippen molar-refractivity contribution in [3.05, 3.63) is 24.3 Å². The second kappa shape index (κ2) is 4.87. The van der Waals surface area contributed by atoms with E-state index in [0.29, 0.717) is 5.69 Å². The van der Waals surface area contributed by atoms with Crippen LogP contribution in [0, 0.1) is 0 Å². The first-order valence-electron chi connectivity index (χ1n) is 5.43. The number of rotatable bonds is 4. The van der Waals surface area contributed by atoms with Crippen molar-refractivity contribution in [2.24, 2.45) is 0 Å². The number of hydrogen-bond acceptors (Lipinski definition) is 3. The number of nitrogens with zero attached hydrogens (tertiary/aromatic N) is 1. The van der Waals surface area contributed by atoms with Gasteiger partial charge in [0.1, 0.15) is 6.04 Å². The van der Waals surface area contributed by atoms with Crippen LogP contribution in [0.25, 0.3) is 0 Å². The lowest BCUT2D eigenvalue weighted by molar-refractivity contribution is -0.138. The number of likely N-dealkylation sites (N-methyl/N-ethyl adjacent to an activating group) is 1. The highest BCUT2D eigenvalue weighted by molar-refractivity contribution is 7.60. The minimum atomic E-state index is -4.30. The summed E-state index contributed by atoms with van der Waals surface area (Å²) in [5.41, 5.74) is 0.428. The van der Waals surface area contributed by atoms with Gasteiger partial charge in [0.15, 0.2) is 0 Å². The number of carboxylic acid groups (broad SMARTS) is 1. The first kappa shape index (κ1) is 12.1. The summed E-state index contributed by atoms with van der Waals surface area (Å²) in [4.78, 5) is 30.0. The third-order valence-electron chi connectivity index (χ3n) is 2.34. The highest BCUT2D eigenvalue weighted by Crippen LogP contribution is 2.33. The Morgan fingerprint density at radius 3 is 2.29 bits per heavy atom. The van der Waals surface area contributed by atoms with Crippen molar-refractivity contribution >= 4 is 24.6 Å². The molecule has 0 aliphatic rings. The monoisotopic (exact) mass is 260 g/mol. The fraction of sp³-hybridized carbons (Fsp3) is 0.300. The summed E-state index contributed by atoms with van der Waals surface area (Å²) < 4.78 is 18.3. The summed E-state index contributed by atoms with van der Waals surface area (Å²) in [6.07, 6.45) is 0. The standard InChI is InChI=1S/C10H14NO5P/c1-7(10(12)13)11(2)8-3-5-9(6-4-8)17(14,15)16/h3-7H,1-2H3,(H,12,13)(H2,14,15,16)/t7-/m0/s1/i2D. The van der Waals surface area contributed by atoms with Crippen molar-refractivity contribution in [1.29, 1.82) is 0 Å². The second-order valence-corrected chi connectivity index (χ2v) is 5.15. The number of hydrogen-bond donors (Lipinski definition) is 3. The zero-order valence-corrected chi connectivity index (χ0v) is 10.0. The van der Waals surface area contributed by atoms with E-state index in [-0.39, 0.29) is 12.3 Å². The van der Waals surface area contributed by atoms with Crippen LogP contribution in [-0.2, 0) is 9.36 Å². The van der Waals surface area contributed by atoms with Gasteiger partial charge in [-0.15, -0.1) is 0 Å². The molecule has 1 rings (SSSR count). The van der Waals surface area contributed by atoms with E-state index in [1.54, 1.807) is 0 Å². The van der Waals surface area contributed by atoms with Crippen LogP contribution in [0.5, 0.6) is 0 Å². The highest BCUT2D eigenvalue weighted by Gasteiger charge is 2.19. The Kier molecular flexibility index (Phi) is 3.47. The molecule has 0 amide bonds. The van der Waals surface area contributed by atoms with Gasteiger partial charge in [0.25, 0.3) is 0 Å². The largest absolute Gasteiger partial charge is 0.480 e. The third-order valence-corrected chi connectivity index (χ3v) is 3.31. The fourth-order valence-corrected chi connectivity index (χ4v) is 1.73. The molecule has 6 nitrogen and oxygen atoms in total. The normalized spacial score (nSPS) is 13.9. The Morgan fingerprint density at radius 1 is 1.41 bits per heavy atom. The summed E-state index contributed by atoms with van der Waals surface area (Å²) in [6, 6.07) is 4.36. The molecule has 3 N–H and O–H groups in total. The number of anilines is 1. The molecule has 0 fully saturated rings. The van der Waals surface area contributed by atoms with E-state index in [1.165, 1.54) is 36.1 Å². The molecule has 94 valence electrons. The van der Waals surface area contributed by atoms with Crippen molar-refractivity contribution in [2.75, 3.05) is 11.9 Å². The topological polar surface area (TPSA) is 98.1 Å². The fourth-order valence-electron chi connectivity index (χ4n) is 1.20.